The number of halogens is 1. The Bertz CT molecular complexity index is 417. The fourth-order valence-corrected chi connectivity index (χ4v) is 2.01. The number of piperidine rings is 1. The van der Waals surface area contributed by atoms with Crippen molar-refractivity contribution >= 4 is 5.69 Å². The Kier molecular flexibility index (Phi) is 3.07. The van der Waals surface area contributed by atoms with E-state index in [-0.39, 0.29) is 11.9 Å². The first-order valence-electron chi connectivity index (χ1n) is 5.41. The monoisotopic (exact) mass is 219 g/mol. The van der Waals surface area contributed by atoms with Crippen molar-refractivity contribution in [3.8, 4) is 6.07 Å². The summed E-state index contributed by atoms with van der Waals surface area (Å²) in [6.45, 7) is 1.67. The zero-order chi connectivity index (χ0) is 11.5. The number of hydrogen-bond acceptors (Lipinski definition) is 3. The van der Waals surface area contributed by atoms with Crippen molar-refractivity contribution in [3.63, 3.8) is 0 Å². The molecule has 1 aliphatic heterocycles. The molecule has 4 heteroatoms. The molecular formula is C12H14FN3. The van der Waals surface area contributed by atoms with Crippen LogP contribution >= 0.6 is 0 Å². The molecule has 0 atom stereocenters. The second-order valence-electron chi connectivity index (χ2n) is 4.10. The molecule has 0 bridgehead atoms. The van der Waals surface area contributed by atoms with Crippen LogP contribution < -0.4 is 10.6 Å². The zero-order valence-corrected chi connectivity index (χ0v) is 8.99. The zero-order valence-electron chi connectivity index (χ0n) is 8.99. The lowest BCUT2D eigenvalue weighted by Gasteiger charge is -2.32. The number of benzene rings is 1. The molecule has 0 aromatic heterocycles. The molecule has 1 heterocycles. The summed E-state index contributed by atoms with van der Waals surface area (Å²) < 4.78 is 13.0. The van der Waals surface area contributed by atoms with Crippen LogP contribution in [-0.4, -0.2) is 19.1 Å². The van der Waals surface area contributed by atoms with Gasteiger partial charge in [-0.1, -0.05) is 0 Å². The molecule has 0 saturated carbocycles. The number of nitriles is 1. The topological polar surface area (TPSA) is 53.0 Å². The highest BCUT2D eigenvalue weighted by Gasteiger charge is 2.18. The predicted molar refractivity (Wildman–Crippen MR) is 60.5 cm³/mol. The highest BCUT2D eigenvalue weighted by Crippen LogP contribution is 2.24. The summed E-state index contributed by atoms with van der Waals surface area (Å²) in [6.07, 6.45) is 1.84. The fourth-order valence-electron chi connectivity index (χ4n) is 2.01. The van der Waals surface area contributed by atoms with Crippen LogP contribution in [0.4, 0.5) is 10.1 Å². The van der Waals surface area contributed by atoms with Crippen LogP contribution in [0.2, 0.25) is 0 Å². The first kappa shape index (κ1) is 10.9. The number of nitrogens with two attached hydrogens (primary N) is 1. The molecule has 2 rings (SSSR count). The second kappa shape index (κ2) is 4.50. The van der Waals surface area contributed by atoms with Crippen molar-refractivity contribution < 1.29 is 4.39 Å². The molecule has 16 heavy (non-hydrogen) atoms. The minimum Gasteiger partial charge on any atom is -0.370 e. The standard InChI is InChI=1S/C12H14FN3/c13-10-1-2-12(9(7-10)8-14)16-5-3-11(15)4-6-16/h1-2,7,11H,3-6,15H2. The van der Waals surface area contributed by atoms with E-state index < -0.39 is 0 Å². The fraction of sp³-hybridized carbons (Fsp3) is 0.417. The summed E-state index contributed by atoms with van der Waals surface area (Å²) >= 11 is 0. The van der Waals surface area contributed by atoms with Crippen LogP contribution in [0.15, 0.2) is 18.2 Å². The van der Waals surface area contributed by atoms with Crippen LogP contribution in [-0.2, 0) is 0 Å². The lowest BCUT2D eigenvalue weighted by molar-refractivity contribution is 0.501. The Labute approximate surface area is 94.3 Å². The number of hydrogen-bond donors (Lipinski definition) is 1. The highest BCUT2D eigenvalue weighted by molar-refractivity contribution is 5.59. The van der Waals surface area contributed by atoms with Crippen LogP contribution in [0.3, 0.4) is 0 Å². The maximum absolute atomic E-state index is 13.0. The van der Waals surface area contributed by atoms with Crippen LogP contribution in [0.1, 0.15) is 18.4 Å². The molecular weight excluding hydrogens is 205 g/mol. The van der Waals surface area contributed by atoms with Crippen molar-refractivity contribution in [2.24, 2.45) is 5.73 Å². The van der Waals surface area contributed by atoms with Gasteiger partial charge in [-0.25, -0.2) is 4.39 Å². The van der Waals surface area contributed by atoms with Gasteiger partial charge in [0.15, 0.2) is 0 Å². The molecule has 1 aliphatic rings. The minimum absolute atomic E-state index is 0.252. The summed E-state index contributed by atoms with van der Waals surface area (Å²) in [4.78, 5) is 2.10. The third kappa shape index (κ3) is 2.15. The van der Waals surface area contributed by atoms with E-state index in [1.807, 2.05) is 6.07 Å². The van der Waals surface area contributed by atoms with Gasteiger partial charge < -0.3 is 10.6 Å². The van der Waals surface area contributed by atoms with E-state index in [1.165, 1.54) is 12.1 Å². The van der Waals surface area contributed by atoms with Crippen molar-refractivity contribution in [3.05, 3.63) is 29.6 Å². The third-order valence-electron chi connectivity index (χ3n) is 2.96. The maximum atomic E-state index is 13.0. The van der Waals surface area contributed by atoms with Gasteiger partial charge in [0.25, 0.3) is 0 Å². The molecule has 0 amide bonds. The van der Waals surface area contributed by atoms with Crippen LogP contribution in [0.25, 0.3) is 0 Å². The number of rotatable bonds is 1. The average molecular weight is 219 g/mol. The molecule has 1 saturated heterocycles. The van der Waals surface area contributed by atoms with Gasteiger partial charge >= 0.3 is 0 Å². The van der Waals surface area contributed by atoms with E-state index in [4.69, 9.17) is 11.0 Å². The van der Waals surface area contributed by atoms with Gasteiger partial charge in [-0.15, -0.1) is 0 Å². The smallest absolute Gasteiger partial charge is 0.124 e. The van der Waals surface area contributed by atoms with Crippen molar-refractivity contribution in [1.29, 1.82) is 5.26 Å². The molecule has 0 spiro atoms. The van der Waals surface area contributed by atoms with E-state index in [2.05, 4.69) is 4.90 Å². The van der Waals surface area contributed by atoms with E-state index >= 15 is 0 Å². The van der Waals surface area contributed by atoms with Gasteiger partial charge in [-0.3, -0.25) is 0 Å². The molecule has 3 nitrogen and oxygen atoms in total. The SMILES string of the molecule is N#Cc1cc(F)ccc1N1CCC(N)CC1. The number of anilines is 1. The van der Waals surface area contributed by atoms with E-state index in [0.29, 0.717) is 5.56 Å². The molecule has 84 valence electrons. The van der Waals surface area contributed by atoms with Gasteiger partial charge in [0.2, 0.25) is 0 Å². The van der Waals surface area contributed by atoms with Gasteiger partial charge in [-0.2, -0.15) is 5.26 Å². The van der Waals surface area contributed by atoms with E-state index in [1.54, 1.807) is 6.07 Å². The highest BCUT2D eigenvalue weighted by atomic mass is 19.1. The Morgan fingerprint density at radius 1 is 1.38 bits per heavy atom. The summed E-state index contributed by atoms with van der Waals surface area (Å²) in [7, 11) is 0. The van der Waals surface area contributed by atoms with Gasteiger partial charge in [0.1, 0.15) is 11.9 Å². The Morgan fingerprint density at radius 3 is 2.69 bits per heavy atom. The van der Waals surface area contributed by atoms with Crippen molar-refractivity contribution in [2.45, 2.75) is 18.9 Å². The predicted octanol–water partition coefficient (Wildman–Crippen LogP) is 1.62. The molecule has 2 N–H and O–H groups in total. The van der Waals surface area contributed by atoms with Crippen molar-refractivity contribution in [1.82, 2.24) is 0 Å². The Morgan fingerprint density at radius 2 is 2.06 bits per heavy atom. The summed E-state index contributed by atoms with van der Waals surface area (Å²) in [5.74, 6) is -0.367. The normalized spacial score (nSPS) is 17.2. The maximum Gasteiger partial charge on any atom is 0.124 e. The molecule has 0 unspecified atom stereocenters. The summed E-state index contributed by atoms with van der Waals surface area (Å²) in [5, 5.41) is 8.96. The Balaban J connectivity index is 2.24. The largest absolute Gasteiger partial charge is 0.370 e. The second-order valence-corrected chi connectivity index (χ2v) is 4.10. The third-order valence-corrected chi connectivity index (χ3v) is 2.96. The van der Waals surface area contributed by atoms with E-state index in [0.717, 1.165) is 31.6 Å². The van der Waals surface area contributed by atoms with Gasteiger partial charge in [-0.05, 0) is 31.0 Å². The summed E-state index contributed by atoms with van der Waals surface area (Å²) in [6, 6.07) is 6.63. The minimum atomic E-state index is -0.367. The first-order valence-corrected chi connectivity index (χ1v) is 5.41. The quantitative estimate of drug-likeness (QED) is 0.781. The molecule has 0 aliphatic carbocycles. The lowest BCUT2D eigenvalue weighted by atomic mass is 10.0. The first-order chi connectivity index (χ1) is 7.70. The van der Waals surface area contributed by atoms with E-state index in [9.17, 15) is 4.39 Å². The lowest BCUT2D eigenvalue weighted by Crippen LogP contribution is -2.40. The summed E-state index contributed by atoms with van der Waals surface area (Å²) in [5.41, 5.74) is 7.03. The van der Waals surface area contributed by atoms with Crippen LogP contribution in [0, 0.1) is 17.1 Å². The van der Waals surface area contributed by atoms with Crippen LogP contribution in [0.5, 0.6) is 0 Å². The van der Waals surface area contributed by atoms with Gasteiger partial charge in [0.05, 0.1) is 11.3 Å². The van der Waals surface area contributed by atoms with Gasteiger partial charge in [0, 0.05) is 19.1 Å². The molecule has 0 radical (unpaired) electrons. The Hall–Kier alpha value is -1.60. The molecule has 1 fully saturated rings. The average Bonchev–Trinajstić information content (AvgIpc) is 2.30. The van der Waals surface area contributed by atoms with Crippen molar-refractivity contribution in [2.75, 3.05) is 18.0 Å². The molecule has 1 aromatic rings. The molecule has 1 aromatic carbocycles. The number of nitrogens with zero attached hydrogens (tertiary/aromatic N) is 2.